The van der Waals surface area contributed by atoms with E-state index < -0.39 is 22.7 Å². The Bertz CT molecular complexity index is 1620. The standard InChI is InChI=1S/C45H75N5O5/c1-14-21-47-44(13,28(4)5)24-55-36-33(50-37(46-26-48-50)38(51)49-29(6)7)22-40(9)23-54-25-45(36)32-17-18-43(12)35(39(52)53)41(10,30(8)27(2)3)19-20-42(43,11)31(32)15-16-34(40)45/h17,26-31,33-36,47H,14-16,18-25H2,1-13H3,(H,49,51)(H,52,53)/t30-,31+,33-,34-,35-,36+,40-,41-,42-,43+,44+,45+/m1/s1. The Labute approximate surface area is 332 Å². The third kappa shape index (κ3) is 6.45. The fourth-order valence-electron chi connectivity index (χ4n) is 13.2. The van der Waals surface area contributed by atoms with E-state index in [2.05, 4.69) is 97.9 Å². The van der Waals surface area contributed by atoms with E-state index in [0.717, 1.165) is 45.1 Å². The predicted octanol–water partition coefficient (Wildman–Crippen LogP) is 8.35. The van der Waals surface area contributed by atoms with E-state index in [0.29, 0.717) is 49.8 Å². The first-order chi connectivity index (χ1) is 25.7. The molecule has 3 saturated carbocycles. The minimum atomic E-state index is -0.648. The molecule has 4 aliphatic carbocycles. The number of nitrogens with zero attached hydrogens (tertiary/aromatic N) is 3. The van der Waals surface area contributed by atoms with Gasteiger partial charge in [-0.05, 0) is 124 Å². The number of allylic oxidation sites excluding steroid dienone is 1. The maximum Gasteiger partial charge on any atom is 0.307 e. The predicted molar refractivity (Wildman–Crippen MR) is 217 cm³/mol. The zero-order valence-electron chi connectivity index (χ0n) is 36.6. The number of hydrogen-bond donors (Lipinski definition) is 3. The molecule has 12 atom stereocenters. The highest BCUT2D eigenvalue weighted by Gasteiger charge is 2.73. The van der Waals surface area contributed by atoms with Gasteiger partial charge in [-0.25, -0.2) is 9.67 Å². The van der Waals surface area contributed by atoms with Gasteiger partial charge in [0.1, 0.15) is 6.33 Å². The maximum absolute atomic E-state index is 13.7. The Balaban J connectivity index is 1.53. The average molecular weight is 766 g/mol. The first-order valence-corrected chi connectivity index (χ1v) is 21.7. The van der Waals surface area contributed by atoms with Crippen molar-refractivity contribution < 1.29 is 24.2 Å². The summed E-state index contributed by atoms with van der Waals surface area (Å²) in [7, 11) is 0. The summed E-state index contributed by atoms with van der Waals surface area (Å²) < 4.78 is 16.2. The molecule has 0 aromatic carbocycles. The van der Waals surface area contributed by atoms with Crippen molar-refractivity contribution in [2.75, 3.05) is 26.4 Å². The van der Waals surface area contributed by atoms with Crippen LogP contribution < -0.4 is 10.6 Å². The molecule has 0 radical (unpaired) electrons. The summed E-state index contributed by atoms with van der Waals surface area (Å²) >= 11 is 0. The van der Waals surface area contributed by atoms with E-state index in [-0.39, 0.29) is 57.7 Å². The minimum absolute atomic E-state index is 0.0437. The average Bonchev–Trinajstić information content (AvgIpc) is 3.60. The molecule has 5 aliphatic rings. The Morgan fingerprint density at radius 3 is 2.38 bits per heavy atom. The number of carboxylic acids is 1. The summed E-state index contributed by atoms with van der Waals surface area (Å²) in [5.74, 6) is 0.463. The van der Waals surface area contributed by atoms with E-state index in [9.17, 15) is 14.7 Å². The van der Waals surface area contributed by atoms with Crippen LogP contribution in [0.5, 0.6) is 0 Å². The first kappa shape index (κ1) is 42.3. The largest absolute Gasteiger partial charge is 0.481 e. The molecule has 1 saturated heterocycles. The summed E-state index contributed by atoms with van der Waals surface area (Å²) in [5, 5.41) is 23.0. The fraction of sp³-hybridized carbons (Fsp3) is 0.867. The van der Waals surface area contributed by atoms with Crippen molar-refractivity contribution in [1.82, 2.24) is 25.4 Å². The summed E-state index contributed by atoms with van der Waals surface area (Å²) in [6, 6.07) is -0.296. The fourth-order valence-corrected chi connectivity index (χ4v) is 13.2. The second-order valence-electron chi connectivity index (χ2n) is 21.0. The van der Waals surface area contributed by atoms with Crippen molar-refractivity contribution in [2.24, 2.45) is 62.6 Å². The lowest BCUT2D eigenvalue weighted by atomic mass is 9.34. The van der Waals surface area contributed by atoms with Crippen molar-refractivity contribution in [3.8, 4) is 0 Å². The molecule has 1 aromatic heterocycles. The monoisotopic (exact) mass is 766 g/mol. The lowest BCUT2D eigenvalue weighted by Crippen LogP contribution is -2.70. The molecule has 2 heterocycles. The highest BCUT2D eigenvalue weighted by Crippen LogP contribution is 2.75. The van der Waals surface area contributed by atoms with E-state index in [1.165, 1.54) is 11.9 Å². The van der Waals surface area contributed by atoms with Crippen molar-refractivity contribution >= 4 is 11.9 Å². The number of fused-ring (bicyclic) bond motifs is 3. The number of rotatable bonds is 13. The number of ether oxygens (including phenoxy) is 2. The van der Waals surface area contributed by atoms with Gasteiger partial charge in [0.25, 0.3) is 5.91 Å². The normalized spacial score (nSPS) is 40.1. The Morgan fingerprint density at radius 1 is 1.05 bits per heavy atom. The smallest absolute Gasteiger partial charge is 0.307 e. The number of hydrogen-bond acceptors (Lipinski definition) is 7. The van der Waals surface area contributed by atoms with Gasteiger partial charge in [-0.2, -0.15) is 5.10 Å². The Morgan fingerprint density at radius 2 is 1.76 bits per heavy atom. The SMILES string of the molecule is CCCN[C@@](C)(CO[C@H]1[C@H](n2ncnc2C(=O)NC(C)C)C[C@]2(C)COC[C@@]13C1=CC[C@@]4(C)[C@H](C(=O)O)[C@@](C)([C@H](C)C(C)C)CC[C@]4(C)[C@H]1CC[C@H]23)C(C)C. The van der Waals surface area contributed by atoms with E-state index in [1.807, 2.05) is 18.5 Å². The number of aliphatic carboxylic acids is 1. The molecule has 1 aromatic rings. The summed E-state index contributed by atoms with van der Waals surface area (Å²) in [5.41, 5.74) is -0.494. The molecule has 1 amide bonds. The molecule has 310 valence electrons. The summed E-state index contributed by atoms with van der Waals surface area (Å²) in [6.07, 6.45) is 10.1. The molecule has 4 fully saturated rings. The zero-order valence-corrected chi connectivity index (χ0v) is 36.6. The Kier molecular flexibility index (Phi) is 11.4. The second kappa shape index (κ2) is 14.8. The van der Waals surface area contributed by atoms with Crippen LogP contribution in [0.3, 0.4) is 0 Å². The van der Waals surface area contributed by atoms with Crippen molar-refractivity contribution in [3.05, 3.63) is 23.8 Å². The first-order valence-electron chi connectivity index (χ1n) is 21.7. The Hall–Kier alpha value is -2.30. The van der Waals surface area contributed by atoms with Crippen LogP contribution in [-0.4, -0.2) is 75.8 Å². The second-order valence-corrected chi connectivity index (χ2v) is 21.0. The zero-order chi connectivity index (χ0) is 40.5. The van der Waals surface area contributed by atoms with Gasteiger partial charge in [0.15, 0.2) is 0 Å². The van der Waals surface area contributed by atoms with E-state index in [1.54, 1.807) is 0 Å². The molecule has 6 rings (SSSR count). The molecule has 0 spiro atoms. The van der Waals surface area contributed by atoms with Gasteiger partial charge in [0.05, 0.1) is 37.9 Å². The molecule has 1 aliphatic heterocycles. The lowest BCUT2D eigenvalue weighted by Gasteiger charge is -2.71. The number of nitrogens with one attached hydrogen (secondary N) is 2. The van der Waals surface area contributed by atoms with E-state index >= 15 is 0 Å². The van der Waals surface area contributed by atoms with Crippen LogP contribution in [0.25, 0.3) is 0 Å². The van der Waals surface area contributed by atoms with Crippen LogP contribution >= 0.6 is 0 Å². The third-order valence-corrected chi connectivity index (χ3v) is 17.1. The van der Waals surface area contributed by atoms with Gasteiger partial charge in [-0.15, -0.1) is 0 Å². The van der Waals surface area contributed by atoms with Gasteiger partial charge in [-0.1, -0.05) is 80.9 Å². The number of carbonyl (C=O) groups is 2. The van der Waals surface area contributed by atoms with Gasteiger partial charge < -0.3 is 25.2 Å². The van der Waals surface area contributed by atoms with Crippen LogP contribution in [-0.2, 0) is 14.3 Å². The highest BCUT2D eigenvalue weighted by atomic mass is 16.5. The molecule has 0 unspecified atom stereocenters. The number of carbonyl (C=O) groups excluding carboxylic acids is 1. The molecule has 3 N–H and O–H groups in total. The van der Waals surface area contributed by atoms with Crippen LogP contribution in [0.4, 0.5) is 0 Å². The topological polar surface area (TPSA) is 128 Å². The number of carboxylic acid groups (broad SMARTS) is 1. The van der Waals surface area contributed by atoms with Crippen LogP contribution in [0.2, 0.25) is 0 Å². The van der Waals surface area contributed by atoms with Gasteiger partial charge in [0, 0.05) is 17.0 Å². The lowest BCUT2D eigenvalue weighted by molar-refractivity contribution is -0.255. The molecule has 2 bridgehead atoms. The van der Waals surface area contributed by atoms with Crippen molar-refractivity contribution in [3.63, 3.8) is 0 Å². The quantitative estimate of drug-likeness (QED) is 0.171. The molecule has 10 heteroatoms. The summed E-state index contributed by atoms with van der Waals surface area (Å²) in [4.78, 5) is 32.0. The van der Waals surface area contributed by atoms with Crippen molar-refractivity contribution in [1.29, 1.82) is 0 Å². The van der Waals surface area contributed by atoms with Gasteiger partial charge in [-0.3, -0.25) is 9.59 Å². The van der Waals surface area contributed by atoms with Crippen LogP contribution in [0.15, 0.2) is 18.0 Å². The number of aromatic nitrogens is 3. The van der Waals surface area contributed by atoms with Crippen LogP contribution in [0.1, 0.15) is 152 Å². The van der Waals surface area contributed by atoms with Crippen molar-refractivity contribution in [2.45, 2.75) is 159 Å². The molecule has 55 heavy (non-hydrogen) atoms. The van der Waals surface area contributed by atoms with Crippen LogP contribution in [0, 0.1) is 62.6 Å². The third-order valence-electron chi connectivity index (χ3n) is 17.1. The van der Waals surface area contributed by atoms with E-state index in [4.69, 9.17) is 14.6 Å². The molecular weight excluding hydrogens is 691 g/mol. The number of amides is 1. The van der Waals surface area contributed by atoms with Gasteiger partial charge >= 0.3 is 5.97 Å². The molecule has 10 nitrogen and oxygen atoms in total. The summed E-state index contributed by atoms with van der Waals surface area (Å²) in [6.45, 7) is 31.7. The molecular formula is C45H75N5O5. The maximum atomic E-state index is 13.7. The highest BCUT2D eigenvalue weighted by molar-refractivity contribution is 5.90. The van der Waals surface area contributed by atoms with Gasteiger partial charge in [0.2, 0.25) is 5.82 Å². The minimum Gasteiger partial charge on any atom is -0.481 e.